The van der Waals surface area contributed by atoms with Crippen molar-refractivity contribution in [3.05, 3.63) is 76.4 Å². The molecule has 3 rings (SSSR count). The minimum absolute atomic E-state index is 0.180. The third-order valence-corrected chi connectivity index (χ3v) is 4.16. The predicted molar refractivity (Wildman–Crippen MR) is 96.0 cm³/mol. The Morgan fingerprint density at radius 3 is 2.46 bits per heavy atom. The van der Waals surface area contributed by atoms with Crippen molar-refractivity contribution in [1.82, 2.24) is 15.1 Å². The molecule has 0 spiro atoms. The number of hydrogen-bond donors (Lipinski definition) is 1. The molecule has 0 aliphatic rings. The first-order chi connectivity index (χ1) is 11.6. The van der Waals surface area contributed by atoms with E-state index in [0.29, 0.717) is 17.3 Å². The second kappa shape index (κ2) is 6.89. The smallest absolute Gasteiger partial charge is 0.272 e. The zero-order valence-corrected chi connectivity index (χ0v) is 14.3. The number of hydrogen-bond acceptors (Lipinski definition) is 2. The lowest BCUT2D eigenvalue weighted by atomic mass is 10.1. The van der Waals surface area contributed by atoms with Crippen molar-refractivity contribution in [3.63, 3.8) is 0 Å². The second-order valence-electron chi connectivity index (χ2n) is 5.62. The van der Waals surface area contributed by atoms with Gasteiger partial charge in [0.05, 0.1) is 5.69 Å². The maximum absolute atomic E-state index is 12.5. The number of nitrogens with zero attached hydrogens (tertiary/aromatic N) is 2. The van der Waals surface area contributed by atoms with Gasteiger partial charge in [-0.15, -0.1) is 0 Å². The molecule has 2 aromatic carbocycles. The Morgan fingerprint density at radius 2 is 1.79 bits per heavy atom. The molecule has 0 saturated carbocycles. The molecule has 0 aliphatic carbocycles. The van der Waals surface area contributed by atoms with E-state index in [1.165, 1.54) is 0 Å². The number of halogens is 1. The molecule has 4 nitrogen and oxygen atoms in total. The summed E-state index contributed by atoms with van der Waals surface area (Å²) < 4.78 is 1.75. The molecule has 3 aromatic rings. The Hall–Kier alpha value is -2.59. The highest BCUT2D eigenvalue weighted by Crippen LogP contribution is 2.25. The quantitative estimate of drug-likeness (QED) is 0.781. The number of carbonyl (C=O) groups excluding carboxylic acids is 1. The summed E-state index contributed by atoms with van der Waals surface area (Å²) in [5.41, 5.74) is 4.31. The number of amides is 1. The molecular weight excluding hydrogens is 322 g/mol. The van der Waals surface area contributed by atoms with E-state index in [0.717, 1.165) is 22.4 Å². The molecule has 122 valence electrons. The zero-order chi connectivity index (χ0) is 17.1. The lowest BCUT2D eigenvalue weighted by molar-refractivity contribution is 0.0944. The van der Waals surface area contributed by atoms with E-state index in [2.05, 4.69) is 10.4 Å². The van der Waals surface area contributed by atoms with Gasteiger partial charge < -0.3 is 5.32 Å². The summed E-state index contributed by atoms with van der Waals surface area (Å²) >= 11 is 5.87. The van der Waals surface area contributed by atoms with Crippen molar-refractivity contribution < 1.29 is 4.79 Å². The van der Waals surface area contributed by atoms with Crippen LogP contribution in [0.15, 0.2) is 54.6 Å². The maximum atomic E-state index is 12.5. The topological polar surface area (TPSA) is 46.9 Å². The normalized spacial score (nSPS) is 10.6. The maximum Gasteiger partial charge on any atom is 0.272 e. The van der Waals surface area contributed by atoms with Crippen LogP contribution in [-0.2, 0) is 13.6 Å². The Labute approximate surface area is 146 Å². The van der Waals surface area contributed by atoms with E-state index in [1.807, 2.05) is 68.6 Å². The van der Waals surface area contributed by atoms with Crippen LogP contribution in [0, 0.1) is 6.92 Å². The number of benzene rings is 2. The Bertz CT molecular complexity index is 854. The SMILES string of the molecule is Cc1c(C(=O)NCc2ccc(Cl)cc2)nn(C)c1-c1ccccc1. The van der Waals surface area contributed by atoms with Gasteiger partial charge in [-0.05, 0) is 24.6 Å². The number of carbonyl (C=O) groups is 1. The highest BCUT2D eigenvalue weighted by atomic mass is 35.5. The van der Waals surface area contributed by atoms with Crippen LogP contribution in [0.2, 0.25) is 5.02 Å². The van der Waals surface area contributed by atoms with Crippen LogP contribution < -0.4 is 5.32 Å². The molecule has 0 unspecified atom stereocenters. The highest BCUT2D eigenvalue weighted by Gasteiger charge is 2.19. The van der Waals surface area contributed by atoms with Crippen molar-refractivity contribution in [3.8, 4) is 11.3 Å². The summed E-state index contributed by atoms with van der Waals surface area (Å²) in [6.07, 6.45) is 0. The average molecular weight is 340 g/mol. The van der Waals surface area contributed by atoms with Gasteiger partial charge in [0.15, 0.2) is 5.69 Å². The molecular formula is C19H18ClN3O. The van der Waals surface area contributed by atoms with Crippen molar-refractivity contribution in [1.29, 1.82) is 0 Å². The molecule has 0 aliphatic heterocycles. The van der Waals surface area contributed by atoms with Gasteiger partial charge >= 0.3 is 0 Å². The van der Waals surface area contributed by atoms with Crippen LogP contribution >= 0.6 is 11.6 Å². The van der Waals surface area contributed by atoms with Gasteiger partial charge in [-0.2, -0.15) is 5.10 Å². The van der Waals surface area contributed by atoms with Crippen LogP contribution in [0.5, 0.6) is 0 Å². The lowest BCUT2D eigenvalue weighted by Crippen LogP contribution is -2.24. The highest BCUT2D eigenvalue weighted by molar-refractivity contribution is 6.30. The molecule has 1 heterocycles. The van der Waals surface area contributed by atoms with Gasteiger partial charge in [0.25, 0.3) is 5.91 Å². The molecule has 1 N–H and O–H groups in total. The summed E-state index contributed by atoms with van der Waals surface area (Å²) in [5.74, 6) is -0.180. The molecule has 0 atom stereocenters. The van der Waals surface area contributed by atoms with E-state index in [1.54, 1.807) is 4.68 Å². The number of nitrogens with one attached hydrogen (secondary N) is 1. The van der Waals surface area contributed by atoms with Gasteiger partial charge in [-0.1, -0.05) is 54.1 Å². The summed E-state index contributed by atoms with van der Waals surface area (Å²) in [6, 6.07) is 17.3. The fraction of sp³-hybridized carbons (Fsp3) is 0.158. The van der Waals surface area contributed by atoms with Crippen LogP contribution in [-0.4, -0.2) is 15.7 Å². The van der Waals surface area contributed by atoms with Crippen molar-refractivity contribution in [2.75, 3.05) is 0 Å². The van der Waals surface area contributed by atoms with Gasteiger partial charge in [0, 0.05) is 29.7 Å². The van der Waals surface area contributed by atoms with Gasteiger partial charge in [-0.3, -0.25) is 9.48 Å². The van der Waals surface area contributed by atoms with Crippen LogP contribution in [0.4, 0.5) is 0 Å². The van der Waals surface area contributed by atoms with Gasteiger partial charge in [0.2, 0.25) is 0 Å². The number of aromatic nitrogens is 2. The molecule has 5 heteroatoms. The zero-order valence-electron chi connectivity index (χ0n) is 13.6. The molecule has 24 heavy (non-hydrogen) atoms. The van der Waals surface area contributed by atoms with E-state index >= 15 is 0 Å². The molecule has 0 radical (unpaired) electrons. The first-order valence-corrected chi connectivity index (χ1v) is 8.05. The summed E-state index contributed by atoms with van der Waals surface area (Å²) in [7, 11) is 1.85. The van der Waals surface area contributed by atoms with Crippen LogP contribution in [0.25, 0.3) is 11.3 Å². The monoisotopic (exact) mass is 339 g/mol. The first kappa shape index (κ1) is 16.3. The minimum Gasteiger partial charge on any atom is -0.347 e. The summed E-state index contributed by atoms with van der Waals surface area (Å²) in [4.78, 5) is 12.5. The molecule has 1 amide bonds. The Kier molecular flexibility index (Phi) is 4.67. The standard InChI is InChI=1S/C19H18ClN3O/c1-13-17(19(24)21-12-14-8-10-16(20)11-9-14)22-23(2)18(13)15-6-4-3-5-7-15/h3-11H,12H2,1-2H3,(H,21,24). The molecule has 0 saturated heterocycles. The van der Waals surface area contributed by atoms with Crippen LogP contribution in [0.3, 0.4) is 0 Å². The summed E-state index contributed by atoms with van der Waals surface area (Å²) in [6.45, 7) is 2.36. The average Bonchev–Trinajstić information content (AvgIpc) is 2.89. The summed E-state index contributed by atoms with van der Waals surface area (Å²) in [5, 5.41) is 7.98. The molecule has 0 bridgehead atoms. The van der Waals surface area contributed by atoms with Gasteiger partial charge in [-0.25, -0.2) is 0 Å². The lowest BCUT2D eigenvalue weighted by Gasteiger charge is -2.05. The number of rotatable bonds is 4. The third-order valence-electron chi connectivity index (χ3n) is 3.91. The molecule has 1 aromatic heterocycles. The number of aryl methyl sites for hydroxylation is 1. The Morgan fingerprint density at radius 1 is 1.12 bits per heavy atom. The van der Waals surface area contributed by atoms with Crippen molar-refractivity contribution >= 4 is 17.5 Å². The first-order valence-electron chi connectivity index (χ1n) is 7.68. The fourth-order valence-corrected chi connectivity index (χ4v) is 2.84. The van der Waals surface area contributed by atoms with Gasteiger partial charge in [0.1, 0.15) is 0 Å². The largest absolute Gasteiger partial charge is 0.347 e. The fourth-order valence-electron chi connectivity index (χ4n) is 2.71. The Balaban J connectivity index is 1.79. The van der Waals surface area contributed by atoms with Crippen molar-refractivity contribution in [2.45, 2.75) is 13.5 Å². The minimum atomic E-state index is -0.180. The van der Waals surface area contributed by atoms with E-state index in [-0.39, 0.29) is 5.91 Å². The second-order valence-corrected chi connectivity index (χ2v) is 6.06. The van der Waals surface area contributed by atoms with E-state index < -0.39 is 0 Å². The third kappa shape index (κ3) is 3.34. The predicted octanol–water partition coefficient (Wildman–Crippen LogP) is 3.98. The van der Waals surface area contributed by atoms with Crippen LogP contribution in [0.1, 0.15) is 21.6 Å². The van der Waals surface area contributed by atoms with Crippen molar-refractivity contribution in [2.24, 2.45) is 7.05 Å². The van der Waals surface area contributed by atoms with E-state index in [4.69, 9.17) is 11.6 Å². The molecule has 0 fully saturated rings. The van der Waals surface area contributed by atoms with E-state index in [9.17, 15) is 4.79 Å².